The number of carbonyl (C=O) groups is 1. The Morgan fingerprint density at radius 3 is 2.21 bits per heavy atom. The number of benzene rings is 3. The Morgan fingerprint density at radius 1 is 0.921 bits per heavy atom. The smallest absolute Gasteiger partial charge is 0.291 e. The van der Waals surface area contributed by atoms with Crippen molar-refractivity contribution in [2.24, 2.45) is 0 Å². The molecular formula is C25H16ClF4NO6S. The lowest BCUT2D eigenvalue weighted by Crippen LogP contribution is -2.12. The van der Waals surface area contributed by atoms with Gasteiger partial charge in [0.2, 0.25) is 21.5 Å². The second-order valence-corrected chi connectivity index (χ2v) is 10.0. The van der Waals surface area contributed by atoms with Gasteiger partial charge in [-0.05, 0) is 48.5 Å². The van der Waals surface area contributed by atoms with Crippen molar-refractivity contribution in [1.29, 1.82) is 0 Å². The van der Waals surface area contributed by atoms with E-state index < -0.39 is 51.4 Å². The molecule has 0 unspecified atom stereocenters. The zero-order valence-corrected chi connectivity index (χ0v) is 20.8. The maximum atomic E-state index is 13.8. The van der Waals surface area contributed by atoms with Crippen LogP contribution in [0.5, 0.6) is 11.5 Å². The van der Waals surface area contributed by atoms with E-state index in [1.54, 1.807) is 0 Å². The highest BCUT2D eigenvalue weighted by atomic mass is 35.5. The number of amides is 1. The maximum Gasteiger partial charge on any atom is 0.291 e. The van der Waals surface area contributed by atoms with Gasteiger partial charge in [0.05, 0.1) is 16.9 Å². The number of furan rings is 1. The van der Waals surface area contributed by atoms with E-state index >= 15 is 0 Å². The van der Waals surface area contributed by atoms with Crippen molar-refractivity contribution in [2.45, 2.75) is 16.4 Å². The first-order chi connectivity index (χ1) is 18.0. The average Bonchev–Trinajstić information content (AvgIpc) is 3.37. The highest BCUT2D eigenvalue weighted by Crippen LogP contribution is 2.30. The molecule has 0 fully saturated rings. The summed E-state index contributed by atoms with van der Waals surface area (Å²) < 4.78 is 95.6. The lowest BCUT2D eigenvalue weighted by molar-refractivity contribution is 0.0992. The fourth-order valence-corrected chi connectivity index (χ4v) is 4.70. The normalized spacial score (nSPS) is 11.3. The monoisotopic (exact) mass is 569 g/mol. The molecule has 1 amide bonds. The van der Waals surface area contributed by atoms with Gasteiger partial charge in [0.15, 0.2) is 23.1 Å². The van der Waals surface area contributed by atoms with E-state index in [2.05, 4.69) is 5.32 Å². The van der Waals surface area contributed by atoms with E-state index in [-0.39, 0.29) is 38.8 Å². The van der Waals surface area contributed by atoms with E-state index in [9.17, 15) is 30.8 Å². The molecule has 1 aromatic heterocycles. The first-order valence-electron chi connectivity index (χ1n) is 10.5. The minimum absolute atomic E-state index is 0.0332. The van der Waals surface area contributed by atoms with Crippen molar-refractivity contribution in [3.63, 3.8) is 0 Å². The summed E-state index contributed by atoms with van der Waals surface area (Å²) in [4.78, 5) is 12.5. The van der Waals surface area contributed by atoms with Crippen LogP contribution in [0, 0.1) is 23.3 Å². The van der Waals surface area contributed by atoms with Crippen molar-refractivity contribution >= 4 is 33.0 Å². The van der Waals surface area contributed by atoms with Crippen LogP contribution in [0.25, 0.3) is 0 Å². The van der Waals surface area contributed by atoms with Crippen molar-refractivity contribution in [1.82, 2.24) is 0 Å². The molecule has 3 aromatic carbocycles. The fraction of sp³-hybridized carbons (Fsp3) is 0.0800. The molecule has 4 rings (SSSR count). The third kappa shape index (κ3) is 5.60. The second kappa shape index (κ2) is 10.8. The van der Waals surface area contributed by atoms with Crippen LogP contribution < -0.4 is 14.8 Å². The number of carbonyl (C=O) groups excluding carboxylic acids is 1. The van der Waals surface area contributed by atoms with Gasteiger partial charge in [0.25, 0.3) is 5.91 Å². The van der Waals surface area contributed by atoms with Gasteiger partial charge < -0.3 is 19.2 Å². The number of sulfone groups is 1. The van der Waals surface area contributed by atoms with Crippen molar-refractivity contribution < 1.29 is 44.7 Å². The molecule has 0 atom stereocenters. The van der Waals surface area contributed by atoms with E-state index in [4.69, 9.17) is 25.5 Å². The predicted octanol–water partition coefficient (Wildman–Crippen LogP) is 6.16. The van der Waals surface area contributed by atoms with Crippen LogP contribution in [0.3, 0.4) is 0 Å². The molecule has 7 nitrogen and oxygen atoms in total. The van der Waals surface area contributed by atoms with Crippen LogP contribution in [0.1, 0.15) is 16.3 Å². The summed E-state index contributed by atoms with van der Waals surface area (Å²) in [5.74, 6) is -9.08. The fourth-order valence-electron chi connectivity index (χ4n) is 3.26. The molecule has 0 radical (unpaired) electrons. The zero-order chi connectivity index (χ0) is 27.6. The standard InChI is InChI=1S/C25H16ClF4NO6S/c1-35-16-8-14(9-18(10-16)38(33,34)17-5-2-13(26)3-6-17)31-25(32)21-7-4-15(37-21)12-36-24-22(29)19(27)11-20(28)23(24)30/h2-11H,12H2,1H3,(H,31,32). The molecule has 0 aliphatic rings. The Bertz CT molecular complexity index is 1600. The molecule has 198 valence electrons. The number of hydrogen-bond acceptors (Lipinski definition) is 6. The minimum Gasteiger partial charge on any atom is -0.497 e. The summed E-state index contributed by atoms with van der Waals surface area (Å²) in [7, 11) is -2.68. The quantitative estimate of drug-likeness (QED) is 0.202. The van der Waals surface area contributed by atoms with Crippen LogP contribution in [-0.2, 0) is 16.4 Å². The molecule has 1 heterocycles. The van der Waals surface area contributed by atoms with Crippen molar-refractivity contribution in [3.05, 3.63) is 100 Å². The van der Waals surface area contributed by atoms with Gasteiger partial charge in [0.1, 0.15) is 18.1 Å². The number of methoxy groups -OCH3 is 1. The topological polar surface area (TPSA) is 94.8 Å². The Balaban J connectivity index is 1.52. The Labute approximate surface area is 218 Å². The molecule has 4 aromatic rings. The summed E-state index contributed by atoms with van der Waals surface area (Å²) in [5.41, 5.74) is 0.0514. The summed E-state index contributed by atoms with van der Waals surface area (Å²) in [6.45, 7) is -0.660. The molecule has 0 aliphatic heterocycles. The zero-order valence-electron chi connectivity index (χ0n) is 19.2. The highest BCUT2D eigenvalue weighted by Gasteiger charge is 2.23. The molecule has 13 heteroatoms. The lowest BCUT2D eigenvalue weighted by Gasteiger charge is -2.11. The van der Waals surface area contributed by atoms with Gasteiger partial charge in [-0.25, -0.2) is 17.2 Å². The van der Waals surface area contributed by atoms with Crippen molar-refractivity contribution in [2.75, 3.05) is 12.4 Å². The maximum absolute atomic E-state index is 13.8. The summed E-state index contributed by atoms with van der Waals surface area (Å²) in [6.07, 6.45) is 0. The second-order valence-electron chi connectivity index (χ2n) is 7.66. The van der Waals surface area contributed by atoms with Gasteiger partial charge in [-0.3, -0.25) is 4.79 Å². The number of hydrogen-bond donors (Lipinski definition) is 1. The third-order valence-electron chi connectivity index (χ3n) is 5.12. The highest BCUT2D eigenvalue weighted by molar-refractivity contribution is 7.91. The van der Waals surface area contributed by atoms with E-state index in [0.717, 1.165) is 0 Å². The van der Waals surface area contributed by atoms with Gasteiger partial charge >= 0.3 is 0 Å². The Hall–Kier alpha value is -4.03. The van der Waals surface area contributed by atoms with Gasteiger partial charge in [-0.2, -0.15) is 8.78 Å². The van der Waals surface area contributed by atoms with E-state index in [1.807, 2.05) is 0 Å². The van der Waals surface area contributed by atoms with Gasteiger partial charge in [-0.1, -0.05) is 11.6 Å². The number of halogens is 5. The van der Waals surface area contributed by atoms with E-state index in [1.165, 1.54) is 61.7 Å². The first kappa shape index (κ1) is 27.0. The summed E-state index contributed by atoms with van der Waals surface area (Å²) in [5, 5.41) is 2.82. The molecule has 0 spiro atoms. The molecule has 1 N–H and O–H groups in total. The number of nitrogens with one attached hydrogen (secondary N) is 1. The van der Waals surface area contributed by atoms with Crippen LogP contribution in [-0.4, -0.2) is 21.4 Å². The Kier molecular flexibility index (Phi) is 7.65. The number of anilines is 1. The number of rotatable bonds is 8. The molecule has 38 heavy (non-hydrogen) atoms. The molecular weight excluding hydrogens is 554 g/mol. The summed E-state index contributed by atoms with van der Waals surface area (Å²) in [6, 6.07) is 11.8. The third-order valence-corrected chi connectivity index (χ3v) is 7.12. The largest absolute Gasteiger partial charge is 0.497 e. The average molecular weight is 570 g/mol. The van der Waals surface area contributed by atoms with Crippen LogP contribution in [0.2, 0.25) is 5.02 Å². The van der Waals surface area contributed by atoms with Gasteiger partial charge in [0, 0.05) is 22.8 Å². The van der Waals surface area contributed by atoms with Crippen LogP contribution in [0.4, 0.5) is 23.2 Å². The molecule has 0 saturated carbocycles. The van der Waals surface area contributed by atoms with Crippen LogP contribution in [0.15, 0.2) is 74.9 Å². The minimum atomic E-state index is -4.00. The summed E-state index contributed by atoms with van der Waals surface area (Å²) >= 11 is 5.83. The van der Waals surface area contributed by atoms with Gasteiger partial charge in [-0.15, -0.1) is 0 Å². The SMILES string of the molecule is COc1cc(NC(=O)c2ccc(COc3c(F)c(F)cc(F)c3F)o2)cc(S(=O)(=O)c2ccc(Cl)cc2)c1. The lowest BCUT2D eigenvalue weighted by atomic mass is 10.3. The first-order valence-corrected chi connectivity index (χ1v) is 12.4. The molecule has 0 bridgehead atoms. The molecule has 0 saturated heterocycles. The molecule has 0 aliphatic carbocycles. The van der Waals surface area contributed by atoms with Crippen molar-refractivity contribution in [3.8, 4) is 11.5 Å². The van der Waals surface area contributed by atoms with Crippen LogP contribution >= 0.6 is 11.6 Å². The van der Waals surface area contributed by atoms with E-state index in [0.29, 0.717) is 5.02 Å². The number of ether oxygens (including phenoxy) is 2. The Morgan fingerprint density at radius 2 is 1.58 bits per heavy atom. The predicted molar refractivity (Wildman–Crippen MR) is 127 cm³/mol.